The zero-order valence-electron chi connectivity index (χ0n) is 8.05. The van der Waals surface area contributed by atoms with E-state index in [2.05, 4.69) is 17.4 Å². The molecule has 1 unspecified atom stereocenters. The van der Waals surface area contributed by atoms with Crippen molar-refractivity contribution in [2.45, 2.75) is 32.1 Å². The maximum Gasteiger partial charge on any atom is 0.142 e. The molecule has 0 saturated carbocycles. The van der Waals surface area contributed by atoms with E-state index < -0.39 is 0 Å². The summed E-state index contributed by atoms with van der Waals surface area (Å²) in [4.78, 5) is 0. The number of aryl methyl sites for hydroxylation is 1. The second-order valence-electron chi connectivity index (χ2n) is 3.75. The lowest BCUT2D eigenvalue weighted by molar-refractivity contribution is 0.348. The maximum atomic E-state index is 5.28. The van der Waals surface area contributed by atoms with Crippen LogP contribution in [0.4, 0.5) is 0 Å². The van der Waals surface area contributed by atoms with Crippen LogP contribution in [0.3, 0.4) is 0 Å². The second kappa shape index (κ2) is 3.92. The summed E-state index contributed by atoms with van der Waals surface area (Å²) < 4.78 is 5.28. The summed E-state index contributed by atoms with van der Waals surface area (Å²) in [5.41, 5.74) is 1.20. The van der Waals surface area contributed by atoms with Gasteiger partial charge in [0, 0.05) is 11.5 Å². The lowest BCUT2D eigenvalue weighted by atomic mass is 9.96. The third kappa shape index (κ3) is 1.91. The number of aromatic nitrogens is 1. The Balaban J connectivity index is 2.10. The molecule has 1 atom stereocenters. The lowest BCUT2D eigenvalue weighted by Crippen LogP contribution is -2.13. The minimum Gasteiger partial charge on any atom is -0.361 e. The standard InChI is InChI=1S/C10H16N2O/c1-8-7-12-13-10(8)9-3-2-5-11-6-4-9/h7,9,11H,2-6H2,1H3. The number of rotatable bonds is 1. The summed E-state index contributed by atoms with van der Waals surface area (Å²) in [5, 5.41) is 7.23. The van der Waals surface area contributed by atoms with E-state index in [9.17, 15) is 0 Å². The van der Waals surface area contributed by atoms with Crippen molar-refractivity contribution in [1.82, 2.24) is 10.5 Å². The van der Waals surface area contributed by atoms with Crippen molar-refractivity contribution in [2.24, 2.45) is 0 Å². The van der Waals surface area contributed by atoms with Gasteiger partial charge in [-0.3, -0.25) is 0 Å². The van der Waals surface area contributed by atoms with Gasteiger partial charge < -0.3 is 9.84 Å². The van der Waals surface area contributed by atoms with Crippen LogP contribution in [0.2, 0.25) is 0 Å². The van der Waals surface area contributed by atoms with E-state index in [0.29, 0.717) is 5.92 Å². The average molecular weight is 180 g/mol. The molecule has 72 valence electrons. The van der Waals surface area contributed by atoms with Crippen LogP contribution in [0.5, 0.6) is 0 Å². The van der Waals surface area contributed by atoms with Crippen molar-refractivity contribution in [3.63, 3.8) is 0 Å². The molecule has 3 heteroatoms. The average Bonchev–Trinajstić information content (AvgIpc) is 2.43. The van der Waals surface area contributed by atoms with E-state index in [-0.39, 0.29) is 0 Å². The number of nitrogens with one attached hydrogen (secondary N) is 1. The molecule has 0 bridgehead atoms. The van der Waals surface area contributed by atoms with Gasteiger partial charge in [0.2, 0.25) is 0 Å². The quantitative estimate of drug-likeness (QED) is 0.716. The highest BCUT2D eigenvalue weighted by Crippen LogP contribution is 2.27. The fraction of sp³-hybridized carbons (Fsp3) is 0.700. The molecule has 13 heavy (non-hydrogen) atoms. The van der Waals surface area contributed by atoms with Gasteiger partial charge in [-0.25, -0.2) is 0 Å². The Morgan fingerprint density at radius 3 is 3.15 bits per heavy atom. The molecular formula is C10H16N2O. The maximum absolute atomic E-state index is 5.28. The Hall–Kier alpha value is -0.830. The monoisotopic (exact) mass is 180 g/mol. The van der Waals surface area contributed by atoms with Gasteiger partial charge in [0.1, 0.15) is 5.76 Å². The summed E-state index contributed by atoms with van der Waals surface area (Å²) in [7, 11) is 0. The van der Waals surface area contributed by atoms with E-state index in [1.165, 1.54) is 24.8 Å². The molecule has 1 N–H and O–H groups in total. The van der Waals surface area contributed by atoms with Crippen LogP contribution in [0.1, 0.15) is 36.5 Å². The Morgan fingerprint density at radius 2 is 2.38 bits per heavy atom. The van der Waals surface area contributed by atoms with Gasteiger partial charge in [-0.2, -0.15) is 0 Å². The van der Waals surface area contributed by atoms with Gasteiger partial charge in [-0.1, -0.05) is 5.16 Å². The summed E-state index contributed by atoms with van der Waals surface area (Å²) in [6, 6.07) is 0. The Kier molecular flexibility index (Phi) is 2.64. The second-order valence-corrected chi connectivity index (χ2v) is 3.75. The highest BCUT2D eigenvalue weighted by Gasteiger charge is 2.19. The number of hydrogen-bond donors (Lipinski definition) is 1. The molecule has 2 heterocycles. The Labute approximate surface area is 78.5 Å². The van der Waals surface area contributed by atoms with Gasteiger partial charge in [0.05, 0.1) is 6.20 Å². The zero-order valence-corrected chi connectivity index (χ0v) is 8.05. The molecule has 1 saturated heterocycles. The van der Waals surface area contributed by atoms with Crippen molar-refractivity contribution in [3.8, 4) is 0 Å². The van der Waals surface area contributed by atoms with E-state index in [1.807, 2.05) is 6.20 Å². The van der Waals surface area contributed by atoms with Gasteiger partial charge in [-0.05, 0) is 39.3 Å². The highest BCUT2D eigenvalue weighted by molar-refractivity contribution is 5.15. The molecule has 0 aromatic carbocycles. The molecule has 1 aliphatic rings. The number of hydrogen-bond acceptors (Lipinski definition) is 3. The minimum absolute atomic E-state index is 0.581. The summed E-state index contributed by atoms with van der Waals surface area (Å²) in [5.74, 6) is 1.68. The van der Waals surface area contributed by atoms with Crippen LogP contribution >= 0.6 is 0 Å². The summed E-state index contributed by atoms with van der Waals surface area (Å²) in [6.45, 7) is 4.32. The molecule has 0 radical (unpaired) electrons. The summed E-state index contributed by atoms with van der Waals surface area (Å²) in [6.07, 6.45) is 5.46. The first-order valence-corrected chi connectivity index (χ1v) is 5.00. The van der Waals surface area contributed by atoms with Gasteiger partial charge in [-0.15, -0.1) is 0 Å². The predicted octanol–water partition coefficient (Wildman–Crippen LogP) is 1.84. The fourth-order valence-corrected chi connectivity index (χ4v) is 1.98. The molecule has 1 aromatic rings. The normalized spacial score (nSPS) is 24.2. The largest absolute Gasteiger partial charge is 0.361 e. The zero-order chi connectivity index (χ0) is 9.10. The van der Waals surface area contributed by atoms with Crippen LogP contribution < -0.4 is 5.32 Å². The van der Waals surface area contributed by atoms with Crippen LogP contribution in [0.15, 0.2) is 10.7 Å². The van der Waals surface area contributed by atoms with Crippen LogP contribution in [-0.2, 0) is 0 Å². The van der Waals surface area contributed by atoms with Crippen LogP contribution in [0.25, 0.3) is 0 Å². The van der Waals surface area contributed by atoms with Crippen molar-refractivity contribution < 1.29 is 4.52 Å². The molecule has 1 aliphatic heterocycles. The molecular weight excluding hydrogens is 164 g/mol. The fourth-order valence-electron chi connectivity index (χ4n) is 1.98. The summed E-state index contributed by atoms with van der Waals surface area (Å²) >= 11 is 0. The number of nitrogens with zero attached hydrogens (tertiary/aromatic N) is 1. The van der Waals surface area contributed by atoms with Crippen LogP contribution in [-0.4, -0.2) is 18.2 Å². The topological polar surface area (TPSA) is 38.1 Å². The Morgan fingerprint density at radius 1 is 1.46 bits per heavy atom. The first-order valence-electron chi connectivity index (χ1n) is 5.00. The van der Waals surface area contributed by atoms with Crippen molar-refractivity contribution in [3.05, 3.63) is 17.5 Å². The third-order valence-corrected chi connectivity index (χ3v) is 2.73. The van der Waals surface area contributed by atoms with E-state index in [4.69, 9.17) is 4.52 Å². The van der Waals surface area contributed by atoms with Gasteiger partial charge in [0.25, 0.3) is 0 Å². The van der Waals surface area contributed by atoms with Crippen molar-refractivity contribution in [2.75, 3.05) is 13.1 Å². The first kappa shape index (κ1) is 8.75. The molecule has 1 fully saturated rings. The SMILES string of the molecule is Cc1cnoc1C1CCCNCC1. The molecule has 2 rings (SSSR count). The molecule has 0 aliphatic carbocycles. The lowest BCUT2D eigenvalue weighted by Gasteiger charge is -2.09. The van der Waals surface area contributed by atoms with E-state index in [1.54, 1.807) is 0 Å². The minimum atomic E-state index is 0.581. The molecule has 3 nitrogen and oxygen atoms in total. The smallest absolute Gasteiger partial charge is 0.142 e. The van der Waals surface area contributed by atoms with Crippen molar-refractivity contribution in [1.29, 1.82) is 0 Å². The van der Waals surface area contributed by atoms with E-state index >= 15 is 0 Å². The third-order valence-electron chi connectivity index (χ3n) is 2.73. The molecule has 0 spiro atoms. The van der Waals surface area contributed by atoms with E-state index in [0.717, 1.165) is 18.8 Å². The predicted molar refractivity (Wildman–Crippen MR) is 50.7 cm³/mol. The van der Waals surface area contributed by atoms with Gasteiger partial charge in [0.15, 0.2) is 0 Å². The highest BCUT2D eigenvalue weighted by atomic mass is 16.5. The molecule has 0 amide bonds. The Bertz CT molecular complexity index is 262. The van der Waals surface area contributed by atoms with Crippen molar-refractivity contribution >= 4 is 0 Å². The van der Waals surface area contributed by atoms with Crippen LogP contribution in [0, 0.1) is 6.92 Å². The van der Waals surface area contributed by atoms with Gasteiger partial charge >= 0.3 is 0 Å². The first-order chi connectivity index (χ1) is 6.38. The molecule has 1 aromatic heterocycles.